The fourth-order valence-corrected chi connectivity index (χ4v) is 3.12. The zero-order chi connectivity index (χ0) is 8.89. The normalized spacial score (nSPS) is 43.2. The number of fused-ring (bicyclic) bond motifs is 2. The van der Waals surface area contributed by atoms with E-state index in [-0.39, 0.29) is 5.79 Å². The summed E-state index contributed by atoms with van der Waals surface area (Å²) in [6.07, 6.45) is 4.82. The van der Waals surface area contributed by atoms with Crippen LogP contribution in [0.3, 0.4) is 0 Å². The SMILES string of the molecule is CN1C2CCC1CC1(C2)OCCO1. The quantitative estimate of drug-likeness (QED) is 0.559. The number of rotatable bonds is 0. The van der Waals surface area contributed by atoms with Crippen molar-refractivity contribution < 1.29 is 9.47 Å². The highest BCUT2D eigenvalue weighted by atomic mass is 16.7. The molecule has 0 radical (unpaired) electrons. The summed E-state index contributed by atoms with van der Waals surface area (Å²) >= 11 is 0. The summed E-state index contributed by atoms with van der Waals surface area (Å²) in [7, 11) is 2.24. The van der Waals surface area contributed by atoms with Gasteiger partial charge in [-0.1, -0.05) is 0 Å². The summed E-state index contributed by atoms with van der Waals surface area (Å²) in [6, 6.07) is 1.41. The lowest BCUT2D eigenvalue weighted by Gasteiger charge is -2.41. The molecule has 3 aliphatic heterocycles. The molecular weight excluding hydrogens is 166 g/mol. The van der Waals surface area contributed by atoms with Crippen LogP contribution in [-0.4, -0.2) is 43.0 Å². The van der Waals surface area contributed by atoms with Crippen molar-refractivity contribution in [3.8, 4) is 0 Å². The van der Waals surface area contributed by atoms with Gasteiger partial charge in [-0.05, 0) is 19.9 Å². The smallest absolute Gasteiger partial charge is 0.171 e. The second kappa shape index (κ2) is 2.69. The van der Waals surface area contributed by atoms with Gasteiger partial charge in [0.05, 0.1) is 13.2 Å². The third-order valence-corrected chi connectivity index (χ3v) is 3.89. The molecule has 2 bridgehead atoms. The Labute approximate surface area is 79.0 Å². The van der Waals surface area contributed by atoms with Gasteiger partial charge in [0.2, 0.25) is 0 Å². The van der Waals surface area contributed by atoms with E-state index in [9.17, 15) is 0 Å². The molecule has 3 rings (SSSR count). The zero-order valence-corrected chi connectivity index (χ0v) is 8.16. The van der Waals surface area contributed by atoms with E-state index in [1.54, 1.807) is 0 Å². The summed E-state index contributed by atoms with van der Waals surface area (Å²) in [6.45, 7) is 1.59. The molecule has 0 amide bonds. The molecule has 1 spiro atoms. The van der Waals surface area contributed by atoms with Crippen LogP contribution >= 0.6 is 0 Å². The van der Waals surface area contributed by atoms with Crippen molar-refractivity contribution in [1.29, 1.82) is 0 Å². The third-order valence-electron chi connectivity index (χ3n) is 3.89. The second-order valence-corrected chi connectivity index (χ2v) is 4.57. The molecular formula is C10H17NO2. The minimum atomic E-state index is -0.182. The molecule has 0 N–H and O–H groups in total. The van der Waals surface area contributed by atoms with Crippen LogP contribution in [0.4, 0.5) is 0 Å². The summed E-state index contributed by atoms with van der Waals surface area (Å²) in [5, 5.41) is 0. The number of hydrogen-bond acceptors (Lipinski definition) is 3. The number of ether oxygens (including phenoxy) is 2. The maximum absolute atomic E-state index is 5.76. The van der Waals surface area contributed by atoms with E-state index in [2.05, 4.69) is 11.9 Å². The number of piperidine rings is 1. The van der Waals surface area contributed by atoms with Gasteiger partial charge in [0.1, 0.15) is 0 Å². The average Bonchev–Trinajstić information content (AvgIpc) is 2.60. The molecule has 13 heavy (non-hydrogen) atoms. The monoisotopic (exact) mass is 183 g/mol. The van der Waals surface area contributed by atoms with Crippen LogP contribution in [0.15, 0.2) is 0 Å². The van der Waals surface area contributed by atoms with Gasteiger partial charge in [0, 0.05) is 24.9 Å². The average molecular weight is 183 g/mol. The minimum Gasteiger partial charge on any atom is -0.347 e. The van der Waals surface area contributed by atoms with Crippen LogP contribution in [0.5, 0.6) is 0 Å². The van der Waals surface area contributed by atoms with Gasteiger partial charge in [-0.2, -0.15) is 0 Å². The highest BCUT2D eigenvalue weighted by Crippen LogP contribution is 2.43. The van der Waals surface area contributed by atoms with Crippen LogP contribution in [0.1, 0.15) is 25.7 Å². The molecule has 3 heteroatoms. The van der Waals surface area contributed by atoms with Crippen LogP contribution < -0.4 is 0 Å². The molecule has 0 aromatic rings. The first-order valence-corrected chi connectivity index (χ1v) is 5.29. The summed E-state index contributed by atoms with van der Waals surface area (Å²) in [5.74, 6) is -0.182. The fourth-order valence-electron chi connectivity index (χ4n) is 3.12. The molecule has 0 aromatic carbocycles. The fraction of sp³-hybridized carbons (Fsp3) is 1.00. The first-order chi connectivity index (χ1) is 6.29. The number of nitrogens with zero attached hydrogens (tertiary/aromatic N) is 1. The summed E-state index contributed by atoms with van der Waals surface area (Å²) in [4.78, 5) is 2.51. The van der Waals surface area contributed by atoms with E-state index < -0.39 is 0 Å². The largest absolute Gasteiger partial charge is 0.347 e. The van der Waals surface area contributed by atoms with Gasteiger partial charge in [-0.3, -0.25) is 0 Å². The van der Waals surface area contributed by atoms with Crippen molar-refractivity contribution in [1.82, 2.24) is 4.90 Å². The molecule has 0 saturated carbocycles. The van der Waals surface area contributed by atoms with Crippen LogP contribution in [-0.2, 0) is 9.47 Å². The van der Waals surface area contributed by atoms with E-state index in [0.29, 0.717) is 12.1 Å². The van der Waals surface area contributed by atoms with Crippen LogP contribution in [0, 0.1) is 0 Å². The Morgan fingerprint density at radius 3 is 2.15 bits per heavy atom. The lowest BCUT2D eigenvalue weighted by atomic mass is 9.97. The molecule has 2 atom stereocenters. The Balaban J connectivity index is 1.82. The Kier molecular flexibility index (Phi) is 1.70. The van der Waals surface area contributed by atoms with E-state index >= 15 is 0 Å². The predicted octanol–water partition coefficient (Wildman–Crippen LogP) is 0.986. The first kappa shape index (κ1) is 8.21. The van der Waals surface area contributed by atoms with Crippen molar-refractivity contribution in [3.63, 3.8) is 0 Å². The molecule has 2 unspecified atom stereocenters. The van der Waals surface area contributed by atoms with E-state index in [1.807, 2.05) is 0 Å². The molecule has 0 aromatic heterocycles. The molecule has 0 aliphatic carbocycles. The highest BCUT2D eigenvalue weighted by molar-refractivity contribution is 4.98. The Morgan fingerprint density at radius 1 is 1.08 bits per heavy atom. The lowest BCUT2D eigenvalue weighted by molar-refractivity contribution is -0.197. The van der Waals surface area contributed by atoms with Gasteiger partial charge >= 0.3 is 0 Å². The molecule has 74 valence electrons. The van der Waals surface area contributed by atoms with E-state index in [1.165, 1.54) is 12.8 Å². The van der Waals surface area contributed by atoms with Gasteiger partial charge in [0.15, 0.2) is 5.79 Å². The van der Waals surface area contributed by atoms with Gasteiger partial charge < -0.3 is 14.4 Å². The van der Waals surface area contributed by atoms with Crippen molar-refractivity contribution in [2.45, 2.75) is 43.6 Å². The standard InChI is InChI=1S/C10H17NO2/c1-11-8-2-3-9(11)7-10(6-8)12-4-5-13-10/h8-9H,2-7H2,1H3. The van der Waals surface area contributed by atoms with Crippen molar-refractivity contribution >= 4 is 0 Å². The van der Waals surface area contributed by atoms with Crippen molar-refractivity contribution in [3.05, 3.63) is 0 Å². The number of hydrogen-bond donors (Lipinski definition) is 0. The third kappa shape index (κ3) is 1.14. The maximum Gasteiger partial charge on any atom is 0.171 e. The predicted molar refractivity (Wildman–Crippen MR) is 48.4 cm³/mol. The highest BCUT2D eigenvalue weighted by Gasteiger charge is 2.50. The first-order valence-electron chi connectivity index (χ1n) is 5.29. The van der Waals surface area contributed by atoms with Crippen molar-refractivity contribution in [2.75, 3.05) is 20.3 Å². The Morgan fingerprint density at radius 2 is 1.62 bits per heavy atom. The van der Waals surface area contributed by atoms with Gasteiger partial charge in [0.25, 0.3) is 0 Å². The lowest BCUT2D eigenvalue weighted by Crippen LogP contribution is -2.49. The molecule has 3 aliphatic rings. The Hall–Kier alpha value is -0.120. The van der Waals surface area contributed by atoms with E-state index in [0.717, 1.165) is 26.1 Å². The molecule has 3 fully saturated rings. The van der Waals surface area contributed by atoms with E-state index in [4.69, 9.17) is 9.47 Å². The van der Waals surface area contributed by atoms with Crippen LogP contribution in [0.2, 0.25) is 0 Å². The second-order valence-electron chi connectivity index (χ2n) is 4.57. The van der Waals surface area contributed by atoms with Gasteiger partial charge in [-0.15, -0.1) is 0 Å². The maximum atomic E-state index is 5.76. The van der Waals surface area contributed by atoms with Gasteiger partial charge in [-0.25, -0.2) is 0 Å². The van der Waals surface area contributed by atoms with Crippen LogP contribution in [0.25, 0.3) is 0 Å². The minimum absolute atomic E-state index is 0.182. The molecule has 3 heterocycles. The van der Waals surface area contributed by atoms with Crippen molar-refractivity contribution in [2.24, 2.45) is 0 Å². The summed E-state index contributed by atoms with van der Waals surface area (Å²) < 4.78 is 11.5. The molecule has 3 nitrogen and oxygen atoms in total. The summed E-state index contributed by atoms with van der Waals surface area (Å²) in [5.41, 5.74) is 0. The Bertz CT molecular complexity index is 197. The topological polar surface area (TPSA) is 21.7 Å². The zero-order valence-electron chi connectivity index (χ0n) is 8.16. The molecule has 3 saturated heterocycles.